The maximum absolute atomic E-state index is 5.65. The molecule has 0 amide bonds. The zero-order chi connectivity index (χ0) is 15.2. The first-order valence-electron chi connectivity index (χ1n) is 7.10. The number of furan rings is 1. The first-order chi connectivity index (χ1) is 10.9. The summed E-state index contributed by atoms with van der Waals surface area (Å²) >= 11 is 1.64. The fourth-order valence-electron chi connectivity index (χ4n) is 2.10. The first-order valence-corrected chi connectivity index (χ1v) is 8.09. The molecule has 5 nitrogen and oxygen atoms in total. The van der Waals surface area contributed by atoms with Gasteiger partial charge in [0.25, 0.3) is 0 Å². The number of para-hydroxylation sites is 1. The van der Waals surface area contributed by atoms with Crippen LogP contribution in [0.4, 0.5) is 0 Å². The van der Waals surface area contributed by atoms with Crippen molar-refractivity contribution in [3.63, 3.8) is 0 Å². The van der Waals surface area contributed by atoms with Gasteiger partial charge in [0.1, 0.15) is 17.8 Å². The number of hydrogen-bond donors (Lipinski definition) is 0. The van der Waals surface area contributed by atoms with Crippen LogP contribution in [0.5, 0.6) is 5.75 Å². The summed E-state index contributed by atoms with van der Waals surface area (Å²) < 4.78 is 13.0. The molecule has 2 aromatic heterocycles. The van der Waals surface area contributed by atoms with Gasteiger partial charge in [0, 0.05) is 11.3 Å². The molecule has 1 aromatic carbocycles. The number of nitrogens with zero attached hydrogens (tertiary/aromatic N) is 3. The van der Waals surface area contributed by atoms with Crippen molar-refractivity contribution in [1.82, 2.24) is 14.8 Å². The van der Waals surface area contributed by atoms with E-state index in [2.05, 4.69) is 16.3 Å². The summed E-state index contributed by atoms with van der Waals surface area (Å²) in [6.07, 6.45) is 3.39. The summed E-state index contributed by atoms with van der Waals surface area (Å²) in [5.41, 5.74) is 1.15. The molecule has 22 heavy (non-hydrogen) atoms. The molecule has 0 atom stereocenters. The zero-order valence-electron chi connectivity index (χ0n) is 12.3. The van der Waals surface area contributed by atoms with E-state index in [1.54, 1.807) is 24.4 Å². The van der Waals surface area contributed by atoms with Gasteiger partial charge in [0.05, 0.1) is 19.4 Å². The van der Waals surface area contributed by atoms with Crippen molar-refractivity contribution in [2.24, 2.45) is 0 Å². The van der Waals surface area contributed by atoms with Gasteiger partial charge in [-0.3, -0.25) is 0 Å². The predicted molar refractivity (Wildman–Crippen MR) is 85.0 cm³/mol. The second-order valence-corrected chi connectivity index (χ2v) is 5.59. The molecule has 0 radical (unpaired) electrons. The van der Waals surface area contributed by atoms with E-state index in [0.29, 0.717) is 13.2 Å². The van der Waals surface area contributed by atoms with Gasteiger partial charge in [-0.15, -0.1) is 10.2 Å². The Morgan fingerprint density at radius 3 is 2.95 bits per heavy atom. The minimum Gasteiger partial charge on any atom is -0.494 e. The van der Waals surface area contributed by atoms with Crippen molar-refractivity contribution < 1.29 is 9.15 Å². The third kappa shape index (κ3) is 3.51. The van der Waals surface area contributed by atoms with Crippen LogP contribution < -0.4 is 4.74 Å². The number of aromatic nitrogens is 3. The fraction of sp³-hybridized carbons (Fsp3) is 0.250. The van der Waals surface area contributed by atoms with Gasteiger partial charge in [-0.05, 0) is 25.1 Å². The standard InChI is InChI=1S/C16H17N3O2S/c1-2-20-15-8-4-3-6-13(15)11-22-16-18-17-12-19(16)10-14-7-5-9-21-14/h3-9,12H,2,10-11H2,1H3. The van der Waals surface area contributed by atoms with Crippen LogP contribution in [0.3, 0.4) is 0 Å². The van der Waals surface area contributed by atoms with Crippen LogP contribution in [-0.2, 0) is 12.3 Å². The smallest absolute Gasteiger partial charge is 0.191 e. The topological polar surface area (TPSA) is 53.1 Å². The Hall–Kier alpha value is -2.21. The lowest BCUT2D eigenvalue weighted by molar-refractivity contribution is 0.337. The quantitative estimate of drug-likeness (QED) is 0.623. The summed E-state index contributed by atoms with van der Waals surface area (Å²) in [5, 5.41) is 9.04. The van der Waals surface area contributed by atoms with Crippen LogP contribution in [0, 0.1) is 0 Å². The Morgan fingerprint density at radius 2 is 2.14 bits per heavy atom. The fourth-order valence-corrected chi connectivity index (χ4v) is 3.00. The molecular formula is C16H17N3O2S. The summed E-state index contributed by atoms with van der Waals surface area (Å²) in [4.78, 5) is 0. The van der Waals surface area contributed by atoms with Crippen molar-refractivity contribution in [1.29, 1.82) is 0 Å². The van der Waals surface area contributed by atoms with Gasteiger partial charge in [-0.2, -0.15) is 0 Å². The molecule has 0 aliphatic carbocycles. The van der Waals surface area contributed by atoms with Gasteiger partial charge in [-0.25, -0.2) is 0 Å². The van der Waals surface area contributed by atoms with E-state index in [1.165, 1.54) is 0 Å². The molecule has 0 fully saturated rings. The molecule has 0 saturated carbocycles. The van der Waals surface area contributed by atoms with E-state index in [4.69, 9.17) is 9.15 Å². The molecule has 114 valence electrons. The molecule has 3 aromatic rings. The third-order valence-corrected chi connectivity index (χ3v) is 4.15. The Balaban J connectivity index is 1.68. The largest absolute Gasteiger partial charge is 0.494 e. The lowest BCUT2D eigenvalue weighted by atomic mass is 10.2. The van der Waals surface area contributed by atoms with E-state index in [9.17, 15) is 0 Å². The van der Waals surface area contributed by atoms with Gasteiger partial charge in [0.15, 0.2) is 5.16 Å². The normalized spacial score (nSPS) is 10.8. The summed E-state index contributed by atoms with van der Waals surface area (Å²) in [6, 6.07) is 11.9. The van der Waals surface area contributed by atoms with Crippen LogP contribution in [0.1, 0.15) is 18.2 Å². The summed E-state index contributed by atoms with van der Waals surface area (Å²) in [6.45, 7) is 3.29. The van der Waals surface area contributed by atoms with Gasteiger partial charge in [0.2, 0.25) is 0 Å². The van der Waals surface area contributed by atoms with E-state index in [1.807, 2.05) is 41.8 Å². The monoisotopic (exact) mass is 315 g/mol. The van der Waals surface area contributed by atoms with Crippen LogP contribution in [0.2, 0.25) is 0 Å². The summed E-state index contributed by atoms with van der Waals surface area (Å²) in [5.74, 6) is 2.60. The highest BCUT2D eigenvalue weighted by Crippen LogP contribution is 2.27. The van der Waals surface area contributed by atoms with Gasteiger partial charge in [-0.1, -0.05) is 30.0 Å². The minimum atomic E-state index is 0.634. The number of benzene rings is 1. The molecular weight excluding hydrogens is 298 g/mol. The number of ether oxygens (including phenoxy) is 1. The number of rotatable bonds is 7. The van der Waals surface area contributed by atoms with Crippen molar-refractivity contribution in [2.75, 3.05) is 6.61 Å². The van der Waals surface area contributed by atoms with E-state index < -0.39 is 0 Å². The second-order valence-electron chi connectivity index (χ2n) is 4.65. The van der Waals surface area contributed by atoms with Crippen molar-refractivity contribution >= 4 is 11.8 Å². The molecule has 0 unspecified atom stereocenters. The molecule has 0 N–H and O–H groups in total. The molecule has 0 bridgehead atoms. The molecule has 0 spiro atoms. The van der Waals surface area contributed by atoms with Crippen molar-refractivity contribution in [3.05, 3.63) is 60.3 Å². The molecule has 2 heterocycles. The Bertz CT molecular complexity index is 710. The van der Waals surface area contributed by atoms with Crippen LogP contribution >= 0.6 is 11.8 Å². The molecule has 3 rings (SSSR count). The number of hydrogen-bond acceptors (Lipinski definition) is 5. The number of thioether (sulfide) groups is 1. The Morgan fingerprint density at radius 1 is 1.23 bits per heavy atom. The zero-order valence-corrected chi connectivity index (χ0v) is 13.1. The Labute approximate surface area is 133 Å². The van der Waals surface area contributed by atoms with E-state index in [0.717, 1.165) is 28.0 Å². The lowest BCUT2D eigenvalue weighted by Gasteiger charge is -2.09. The maximum atomic E-state index is 5.65. The van der Waals surface area contributed by atoms with Crippen LogP contribution in [0.15, 0.2) is 58.6 Å². The van der Waals surface area contributed by atoms with Crippen molar-refractivity contribution in [3.8, 4) is 5.75 Å². The minimum absolute atomic E-state index is 0.634. The lowest BCUT2D eigenvalue weighted by Crippen LogP contribution is -2.00. The predicted octanol–water partition coefficient (Wildman–Crippen LogP) is 3.61. The van der Waals surface area contributed by atoms with Crippen LogP contribution in [-0.4, -0.2) is 21.4 Å². The van der Waals surface area contributed by atoms with Gasteiger partial charge < -0.3 is 13.7 Å². The molecule has 0 aliphatic heterocycles. The highest BCUT2D eigenvalue weighted by atomic mass is 32.2. The van der Waals surface area contributed by atoms with E-state index >= 15 is 0 Å². The highest BCUT2D eigenvalue weighted by Gasteiger charge is 2.09. The first kappa shape index (κ1) is 14.7. The summed E-state index contributed by atoms with van der Waals surface area (Å²) in [7, 11) is 0. The average molecular weight is 315 g/mol. The van der Waals surface area contributed by atoms with Crippen molar-refractivity contribution in [2.45, 2.75) is 24.4 Å². The maximum Gasteiger partial charge on any atom is 0.191 e. The molecule has 6 heteroatoms. The average Bonchev–Trinajstić information content (AvgIpc) is 3.19. The van der Waals surface area contributed by atoms with E-state index in [-0.39, 0.29) is 0 Å². The highest BCUT2D eigenvalue weighted by molar-refractivity contribution is 7.98. The third-order valence-electron chi connectivity index (χ3n) is 3.12. The SMILES string of the molecule is CCOc1ccccc1CSc1nncn1Cc1ccco1. The second kappa shape index (κ2) is 7.17. The molecule has 0 aliphatic rings. The Kier molecular flexibility index (Phi) is 4.80. The van der Waals surface area contributed by atoms with Gasteiger partial charge >= 0.3 is 0 Å². The molecule has 0 saturated heterocycles. The van der Waals surface area contributed by atoms with Crippen LogP contribution in [0.25, 0.3) is 0 Å².